The van der Waals surface area contributed by atoms with E-state index in [0.717, 1.165) is 22.6 Å². The predicted octanol–water partition coefficient (Wildman–Crippen LogP) is 6.14. The summed E-state index contributed by atoms with van der Waals surface area (Å²) in [5.41, 5.74) is 2.20. The van der Waals surface area contributed by atoms with Crippen molar-refractivity contribution < 1.29 is 27.5 Å². The predicted molar refractivity (Wildman–Crippen MR) is 123 cm³/mol. The van der Waals surface area contributed by atoms with Crippen molar-refractivity contribution in [2.45, 2.75) is 23.9 Å². The minimum atomic E-state index is -4.80. The van der Waals surface area contributed by atoms with Gasteiger partial charge in [0, 0.05) is 47.2 Å². The number of alkyl halides is 3. The highest BCUT2D eigenvalue weighted by molar-refractivity contribution is 7.98. The Hall–Kier alpha value is -3.79. The molecule has 0 bridgehead atoms. The maximum absolute atomic E-state index is 13.1. The number of nitrogens with zero attached hydrogens (tertiary/aromatic N) is 2. The number of aromatic nitrogens is 2. The van der Waals surface area contributed by atoms with Gasteiger partial charge in [0.25, 0.3) is 5.91 Å². The van der Waals surface area contributed by atoms with Crippen LogP contribution in [-0.4, -0.2) is 27.7 Å². The number of fused-ring (bicyclic) bond motifs is 1. The molecule has 0 atom stereocenters. The van der Waals surface area contributed by atoms with Crippen LogP contribution in [0, 0.1) is 0 Å². The van der Waals surface area contributed by atoms with Crippen LogP contribution in [0.2, 0.25) is 0 Å². The Morgan fingerprint density at radius 3 is 2.41 bits per heavy atom. The number of hydrogen-bond donors (Lipinski definition) is 1. The topological polar surface area (TPSA) is 73.2 Å². The van der Waals surface area contributed by atoms with Crippen LogP contribution in [-0.2, 0) is 5.75 Å². The van der Waals surface area contributed by atoms with Gasteiger partial charge in [-0.25, -0.2) is 0 Å². The number of amides is 1. The number of nitrogens with one attached hydrogen (secondary N) is 1. The van der Waals surface area contributed by atoms with Crippen LogP contribution in [0.25, 0.3) is 10.9 Å². The number of rotatable bonds is 6. The van der Waals surface area contributed by atoms with Gasteiger partial charge in [-0.15, -0.1) is 24.9 Å². The lowest BCUT2D eigenvalue weighted by molar-refractivity contribution is -0.274. The summed E-state index contributed by atoms with van der Waals surface area (Å²) in [4.78, 5) is 30.2. The Morgan fingerprint density at radius 2 is 1.76 bits per heavy atom. The third-order valence-electron chi connectivity index (χ3n) is 4.86. The van der Waals surface area contributed by atoms with Gasteiger partial charge in [-0.3, -0.25) is 19.1 Å². The molecule has 0 saturated heterocycles. The number of ether oxygens (including phenoxy) is 1. The molecule has 0 aliphatic carbocycles. The van der Waals surface area contributed by atoms with E-state index in [1.165, 1.54) is 41.6 Å². The van der Waals surface area contributed by atoms with Crippen molar-refractivity contribution in [1.29, 1.82) is 0 Å². The number of carbonyl (C=O) groups is 2. The van der Waals surface area contributed by atoms with Crippen molar-refractivity contribution in [1.82, 2.24) is 9.55 Å². The molecule has 10 heteroatoms. The van der Waals surface area contributed by atoms with E-state index in [1.807, 2.05) is 24.3 Å². The van der Waals surface area contributed by atoms with Crippen LogP contribution in [0.5, 0.6) is 5.75 Å². The SMILES string of the molecule is CC(=O)n1cc(C(=O)Nc2ccc(OC(F)(F)F)cc2)c2c(SCc3ccncc3)cccc21. The second-order valence-corrected chi connectivity index (χ2v) is 8.27. The molecule has 1 amide bonds. The van der Waals surface area contributed by atoms with Crippen molar-refractivity contribution in [2.75, 3.05) is 5.32 Å². The van der Waals surface area contributed by atoms with E-state index in [0.29, 0.717) is 16.7 Å². The highest BCUT2D eigenvalue weighted by atomic mass is 32.2. The van der Waals surface area contributed by atoms with Gasteiger partial charge in [-0.1, -0.05) is 6.07 Å². The summed E-state index contributed by atoms with van der Waals surface area (Å²) in [6.45, 7) is 1.40. The quantitative estimate of drug-likeness (QED) is 0.332. The molecule has 0 saturated carbocycles. The largest absolute Gasteiger partial charge is 0.573 e. The lowest BCUT2D eigenvalue weighted by Gasteiger charge is -2.10. The molecule has 34 heavy (non-hydrogen) atoms. The van der Waals surface area contributed by atoms with Crippen LogP contribution in [0.1, 0.15) is 27.6 Å². The number of hydrogen-bond acceptors (Lipinski definition) is 5. The van der Waals surface area contributed by atoms with Gasteiger partial charge < -0.3 is 10.1 Å². The molecule has 0 aliphatic rings. The van der Waals surface area contributed by atoms with Crippen molar-refractivity contribution in [3.05, 3.63) is 84.3 Å². The van der Waals surface area contributed by atoms with Gasteiger partial charge in [0.15, 0.2) is 0 Å². The summed E-state index contributed by atoms with van der Waals surface area (Å²) in [5, 5.41) is 3.29. The Balaban J connectivity index is 1.64. The van der Waals surface area contributed by atoms with Crippen LogP contribution >= 0.6 is 11.8 Å². The fourth-order valence-electron chi connectivity index (χ4n) is 3.39. The van der Waals surface area contributed by atoms with Crippen LogP contribution in [0.15, 0.2) is 78.1 Å². The molecule has 0 aliphatic heterocycles. The minimum Gasteiger partial charge on any atom is -0.406 e. The summed E-state index contributed by atoms with van der Waals surface area (Å²) >= 11 is 1.52. The second-order valence-electron chi connectivity index (χ2n) is 7.25. The summed E-state index contributed by atoms with van der Waals surface area (Å²) in [7, 11) is 0. The van der Waals surface area contributed by atoms with Gasteiger partial charge in [0.1, 0.15) is 5.75 Å². The van der Waals surface area contributed by atoms with Crippen molar-refractivity contribution in [2.24, 2.45) is 0 Å². The highest BCUT2D eigenvalue weighted by Crippen LogP contribution is 2.34. The summed E-state index contributed by atoms with van der Waals surface area (Å²) in [5.74, 6) is -0.511. The number of carbonyl (C=O) groups excluding carboxylic acids is 2. The first kappa shape index (κ1) is 23.4. The molecule has 6 nitrogen and oxygen atoms in total. The Labute approximate surface area is 196 Å². The molecule has 4 rings (SSSR count). The lowest BCUT2D eigenvalue weighted by Crippen LogP contribution is -2.17. The standard InChI is InChI=1S/C24H18F3N3O3S/c1-15(31)30-13-19(23(32)29-17-5-7-18(8-6-17)33-24(25,26)27)22-20(30)3-2-4-21(22)34-14-16-9-11-28-12-10-16/h2-13H,14H2,1H3,(H,29,32). The van der Waals surface area contributed by atoms with E-state index in [9.17, 15) is 22.8 Å². The average molecular weight is 485 g/mol. The number of pyridine rings is 1. The molecule has 0 fully saturated rings. The van der Waals surface area contributed by atoms with Crippen LogP contribution in [0.4, 0.5) is 18.9 Å². The third kappa shape index (κ3) is 5.40. The van der Waals surface area contributed by atoms with Crippen molar-refractivity contribution in [3.8, 4) is 5.75 Å². The fourth-order valence-corrected chi connectivity index (χ4v) is 4.43. The van der Waals surface area contributed by atoms with Crippen molar-refractivity contribution in [3.63, 3.8) is 0 Å². The molecule has 0 radical (unpaired) electrons. The first-order valence-corrected chi connectivity index (χ1v) is 11.0. The molecule has 0 spiro atoms. The zero-order valence-electron chi connectivity index (χ0n) is 17.8. The first-order chi connectivity index (χ1) is 16.2. The molecule has 2 heterocycles. The van der Waals surface area contributed by atoms with E-state index in [1.54, 1.807) is 18.5 Å². The van der Waals surface area contributed by atoms with E-state index in [2.05, 4.69) is 15.0 Å². The number of benzene rings is 2. The van der Waals surface area contributed by atoms with E-state index in [-0.39, 0.29) is 17.2 Å². The van der Waals surface area contributed by atoms with Gasteiger partial charge >= 0.3 is 6.36 Å². The van der Waals surface area contributed by atoms with E-state index < -0.39 is 18.0 Å². The normalized spacial score (nSPS) is 11.4. The molecular formula is C24H18F3N3O3S. The highest BCUT2D eigenvalue weighted by Gasteiger charge is 2.31. The van der Waals surface area contributed by atoms with Crippen molar-refractivity contribution >= 4 is 40.2 Å². The minimum absolute atomic E-state index is 0.256. The summed E-state index contributed by atoms with van der Waals surface area (Å²) in [6.07, 6.45) is 0.0722. The Bertz CT molecular complexity index is 1340. The van der Waals surface area contributed by atoms with Crippen LogP contribution in [0.3, 0.4) is 0 Å². The summed E-state index contributed by atoms with van der Waals surface area (Å²) in [6, 6.07) is 14.1. The maximum Gasteiger partial charge on any atom is 0.573 e. The Kier molecular flexibility index (Phi) is 6.60. The molecule has 174 valence electrons. The smallest absolute Gasteiger partial charge is 0.406 e. The molecule has 1 N–H and O–H groups in total. The number of anilines is 1. The van der Waals surface area contributed by atoms with E-state index in [4.69, 9.17) is 0 Å². The van der Waals surface area contributed by atoms with E-state index >= 15 is 0 Å². The molecule has 2 aromatic carbocycles. The average Bonchev–Trinajstić information content (AvgIpc) is 3.20. The third-order valence-corrected chi connectivity index (χ3v) is 5.99. The van der Waals surface area contributed by atoms with Gasteiger partial charge in [0.2, 0.25) is 5.91 Å². The van der Waals surface area contributed by atoms with Gasteiger partial charge in [-0.2, -0.15) is 0 Å². The lowest BCUT2D eigenvalue weighted by atomic mass is 10.1. The Morgan fingerprint density at radius 1 is 1.06 bits per heavy atom. The number of halogens is 3. The first-order valence-electron chi connectivity index (χ1n) is 10.0. The molecule has 4 aromatic rings. The van der Waals surface area contributed by atoms with Crippen LogP contribution < -0.4 is 10.1 Å². The molecule has 0 unspecified atom stereocenters. The maximum atomic E-state index is 13.1. The van der Waals surface area contributed by atoms with Gasteiger partial charge in [-0.05, 0) is 54.1 Å². The zero-order chi connectivity index (χ0) is 24.3. The van der Waals surface area contributed by atoms with Gasteiger partial charge in [0.05, 0.1) is 11.1 Å². The monoisotopic (exact) mass is 485 g/mol. The summed E-state index contributed by atoms with van der Waals surface area (Å²) < 4.78 is 42.4. The fraction of sp³-hybridized carbons (Fsp3) is 0.125. The molecule has 2 aromatic heterocycles. The number of thioether (sulfide) groups is 1. The molecular weight excluding hydrogens is 467 g/mol. The second kappa shape index (κ2) is 9.60. The zero-order valence-corrected chi connectivity index (χ0v) is 18.6.